The number of carbonyl (C=O) groups is 2. The van der Waals surface area contributed by atoms with Gasteiger partial charge in [0.2, 0.25) is 0 Å². The fraction of sp³-hybridized carbons (Fsp3) is 0.259. The number of nitrogens with zero attached hydrogens (tertiary/aromatic N) is 1. The van der Waals surface area contributed by atoms with E-state index < -0.39 is 17.7 Å². The zero-order valence-electron chi connectivity index (χ0n) is 20.0. The molecule has 6 nitrogen and oxygen atoms in total. The summed E-state index contributed by atoms with van der Waals surface area (Å²) in [7, 11) is 0. The van der Waals surface area contributed by atoms with E-state index in [1.54, 1.807) is 37.3 Å². The van der Waals surface area contributed by atoms with E-state index in [-0.39, 0.29) is 43.0 Å². The molecule has 0 saturated heterocycles. The first-order valence-corrected chi connectivity index (χ1v) is 11.8. The molecule has 3 aromatic carbocycles. The minimum Gasteiger partial charge on any atom is -0.489 e. The molecule has 0 saturated carbocycles. The van der Waals surface area contributed by atoms with E-state index in [1.807, 2.05) is 13.0 Å². The Kier molecular flexibility index (Phi) is 7.63. The molecule has 0 bridgehead atoms. The number of amides is 1. The topological polar surface area (TPSA) is 65.1 Å². The van der Waals surface area contributed by atoms with Crippen LogP contribution in [-0.4, -0.2) is 25.1 Å². The smallest absolute Gasteiger partial charge is 0.416 e. The van der Waals surface area contributed by atoms with Crippen molar-refractivity contribution in [1.29, 1.82) is 0 Å². The highest BCUT2D eigenvalue weighted by molar-refractivity contribution is 6.34. The Hall–Kier alpha value is -3.72. The van der Waals surface area contributed by atoms with Gasteiger partial charge in [-0.3, -0.25) is 4.79 Å². The molecule has 0 aromatic heterocycles. The highest BCUT2D eigenvalue weighted by atomic mass is 35.5. The lowest BCUT2D eigenvalue weighted by molar-refractivity contribution is -0.145. The lowest BCUT2D eigenvalue weighted by Crippen LogP contribution is -2.23. The van der Waals surface area contributed by atoms with E-state index in [0.29, 0.717) is 22.6 Å². The van der Waals surface area contributed by atoms with Crippen molar-refractivity contribution in [3.8, 4) is 11.5 Å². The Balaban J connectivity index is 1.47. The standard InChI is InChI=1S/C27H23ClF3NO5/c1-3-35-25(33)15-37-23-10-7-17(11-16(23)2)14-36-24-6-4-5-19-20(24)13-32(26(19)34)22-9-8-18(12-21(22)28)27(29,30)31/h4-12H,3,13-15H2,1-2H3. The summed E-state index contributed by atoms with van der Waals surface area (Å²) in [5, 5.41) is -0.167. The van der Waals surface area contributed by atoms with Gasteiger partial charge in [0.25, 0.3) is 5.91 Å². The Bertz CT molecular complexity index is 1340. The van der Waals surface area contributed by atoms with Crippen LogP contribution in [0.5, 0.6) is 11.5 Å². The van der Waals surface area contributed by atoms with Crippen molar-refractivity contribution in [2.75, 3.05) is 18.1 Å². The van der Waals surface area contributed by atoms with Gasteiger partial charge in [-0.2, -0.15) is 13.2 Å². The number of benzene rings is 3. The number of carbonyl (C=O) groups excluding carboxylic acids is 2. The van der Waals surface area contributed by atoms with Crippen molar-refractivity contribution in [1.82, 2.24) is 0 Å². The van der Waals surface area contributed by atoms with Crippen molar-refractivity contribution in [2.24, 2.45) is 0 Å². The van der Waals surface area contributed by atoms with Crippen LogP contribution in [0.15, 0.2) is 54.6 Å². The van der Waals surface area contributed by atoms with Crippen LogP contribution >= 0.6 is 11.6 Å². The number of fused-ring (bicyclic) bond motifs is 1. The summed E-state index contributed by atoms with van der Waals surface area (Å²) in [6.07, 6.45) is -4.54. The van der Waals surface area contributed by atoms with Crippen molar-refractivity contribution in [2.45, 2.75) is 33.2 Å². The van der Waals surface area contributed by atoms with Crippen LogP contribution in [0.2, 0.25) is 5.02 Å². The van der Waals surface area contributed by atoms with Gasteiger partial charge in [0, 0.05) is 11.1 Å². The third kappa shape index (κ3) is 5.83. The Morgan fingerprint density at radius 2 is 1.84 bits per heavy atom. The molecule has 1 aliphatic heterocycles. The number of anilines is 1. The fourth-order valence-corrected chi connectivity index (χ4v) is 4.28. The van der Waals surface area contributed by atoms with Crippen molar-refractivity contribution < 1.29 is 37.0 Å². The van der Waals surface area contributed by atoms with E-state index in [9.17, 15) is 22.8 Å². The van der Waals surface area contributed by atoms with Gasteiger partial charge in [-0.05, 0) is 67.4 Å². The molecule has 37 heavy (non-hydrogen) atoms. The van der Waals surface area contributed by atoms with Gasteiger partial charge < -0.3 is 19.1 Å². The first-order chi connectivity index (χ1) is 17.6. The number of hydrogen-bond acceptors (Lipinski definition) is 5. The third-order valence-corrected chi connectivity index (χ3v) is 6.08. The van der Waals surface area contributed by atoms with Crippen LogP contribution in [0.4, 0.5) is 18.9 Å². The Morgan fingerprint density at radius 3 is 2.51 bits per heavy atom. The minimum absolute atomic E-state index is 0.106. The van der Waals surface area contributed by atoms with Crippen LogP contribution in [0.25, 0.3) is 0 Å². The molecule has 0 spiro atoms. The minimum atomic E-state index is -4.54. The van der Waals surface area contributed by atoms with Crippen LogP contribution in [-0.2, 0) is 28.9 Å². The maximum atomic E-state index is 13.0. The number of aryl methyl sites for hydroxylation is 1. The van der Waals surface area contributed by atoms with E-state index in [4.69, 9.17) is 25.8 Å². The molecule has 10 heteroatoms. The maximum Gasteiger partial charge on any atom is 0.416 e. The quantitative estimate of drug-likeness (QED) is 0.316. The number of halogens is 4. The fourth-order valence-electron chi connectivity index (χ4n) is 4.00. The highest BCUT2D eigenvalue weighted by Crippen LogP contribution is 2.40. The molecule has 0 fully saturated rings. The van der Waals surface area contributed by atoms with Gasteiger partial charge in [0.15, 0.2) is 6.61 Å². The SMILES string of the molecule is CCOC(=O)COc1ccc(COc2cccc3c2CN(c2ccc(C(F)(F)F)cc2Cl)C3=O)cc1C. The van der Waals surface area contributed by atoms with Gasteiger partial charge >= 0.3 is 12.1 Å². The number of ether oxygens (including phenoxy) is 3. The highest BCUT2D eigenvalue weighted by Gasteiger charge is 2.35. The van der Waals surface area contributed by atoms with Crippen LogP contribution in [0.1, 0.15) is 39.5 Å². The van der Waals surface area contributed by atoms with Gasteiger partial charge in [-0.25, -0.2) is 4.79 Å². The molecule has 0 aliphatic carbocycles. The molecule has 3 aromatic rings. The summed E-state index contributed by atoms with van der Waals surface area (Å²) in [6.45, 7) is 3.96. The molecule has 0 radical (unpaired) electrons. The molecular weight excluding hydrogens is 511 g/mol. The van der Waals surface area contributed by atoms with E-state index in [1.165, 1.54) is 11.0 Å². The zero-order chi connectivity index (χ0) is 26.7. The Labute approximate surface area is 216 Å². The molecule has 194 valence electrons. The van der Waals surface area contributed by atoms with Gasteiger partial charge in [0.05, 0.1) is 29.4 Å². The number of hydrogen-bond donors (Lipinski definition) is 0. The largest absolute Gasteiger partial charge is 0.489 e. The molecule has 1 aliphatic rings. The summed E-state index contributed by atoms with van der Waals surface area (Å²) >= 11 is 6.13. The van der Waals surface area contributed by atoms with Crippen LogP contribution < -0.4 is 14.4 Å². The number of esters is 1. The molecule has 1 heterocycles. The first-order valence-electron chi connectivity index (χ1n) is 11.4. The summed E-state index contributed by atoms with van der Waals surface area (Å²) in [6, 6.07) is 13.4. The zero-order valence-corrected chi connectivity index (χ0v) is 20.8. The van der Waals surface area contributed by atoms with Crippen molar-refractivity contribution in [3.05, 3.63) is 87.4 Å². The van der Waals surface area contributed by atoms with Gasteiger partial charge in [0.1, 0.15) is 18.1 Å². The molecule has 0 N–H and O–H groups in total. The summed E-state index contributed by atoms with van der Waals surface area (Å²) in [5.74, 6) is 0.207. The second kappa shape index (κ2) is 10.7. The van der Waals surface area contributed by atoms with Gasteiger partial charge in [-0.15, -0.1) is 0 Å². The predicted molar refractivity (Wildman–Crippen MR) is 131 cm³/mol. The normalized spacial score (nSPS) is 12.9. The summed E-state index contributed by atoms with van der Waals surface area (Å²) in [5.41, 5.74) is 1.97. The first kappa shape index (κ1) is 26.3. The summed E-state index contributed by atoms with van der Waals surface area (Å²) in [4.78, 5) is 25.9. The second-order valence-electron chi connectivity index (χ2n) is 8.32. The maximum absolute atomic E-state index is 13.0. The Morgan fingerprint density at radius 1 is 1.05 bits per heavy atom. The second-order valence-corrected chi connectivity index (χ2v) is 8.73. The van der Waals surface area contributed by atoms with Crippen molar-refractivity contribution in [3.63, 3.8) is 0 Å². The monoisotopic (exact) mass is 533 g/mol. The average molecular weight is 534 g/mol. The summed E-state index contributed by atoms with van der Waals surface area (Å²) < 4.78 is 55.4. The average Bonchev–Trinajstić information content (AvgIpc) is 3.18. The van der Waals surface area contributed by atoms with E-state index >= 15 is 0 Å². The molecule has 1 amide bonds. The van der Waals surface area contributed by atoms with E-state index in [2.05, 4.69) is 0 Å². The molecule has 0 unspecified atom stereocenters. The van der Waals surface area contributed by atoms with E-state index in [0.717, 1.165) is 23.3 Å². The lowest BCUT2D eigenvalue weighted by atomic mass is 10.1. The molecule has 0 atom stereocenters. The van der Waals surface area contributed by atoms with Crippen LogP contribution in [0, 0.1) is 6.92 Å². The van der Waals surface area contributed by atoms with Crippen molar-refractivity contribution >= 4 is 29.2 Å². The number of alkyl halides is 3. The van der Waals surface area contributed by atoms with Crippen LogP contribution in [0.3, 0.4) is 0 Å². The van der Waals surface area contributed by atoms with Gasteiger partial charge in [-0.1, -0.05) is 23.7 Å². The lowest BCUT2D eigenvalue weighted by Gasteiger charge is -2.19. The number of rotatable bonds is 8. The molecular formula is C27H23ClF3NO5. The predicted octanol–water partition coefficient (Wildman–Crippen LogP) is 6.35. The molecule has 4 rings (SSSR count). The third-order valence-electron chi connectivity index (χ3n) is 5.78.